The van der Waals surface area contributed by atoms with Gasteiger partial charge in [0, 0.05) is 37.6 Å². The molecule has 4 atom stereocenters. The zero-order valence-corrected chi connectivity index (χ0v) is 14.0. The van der Waals surface area contributed by atoms with Gasteiger partial charge >= 0.3 is 0 Å². The largest absolute Gasteiger partial charge is 0.339 e. The Kier molecular flexibility index (Phi) is 3.96. The van der Waals surface area contributed by atoms with Crippen LogP contribution in [-0.2, 0) is 9.59 Å². The minimum absolute atomic E-state index is 0.0311. The van der Waals surface area contributed by atoms with Crippen LogP contribution in [0.1, 0.15) is 40.0 Å². The van der Waals surface area contributed by atoms with Crippen molar-refractivity contribution in [1.29, 1.82) is 0 Å². The molecule has 2 saturated carbocycles. The van der Waals surface area contributed by atoms with E-state index in [1.807, 2.05) is 30.6 Å². The zero-order chi connectivity index (χ0) is 16.1. The number of carbonyl (C=O) groups is 2. The van der Waals surface area contributed by atoms with Crippen LogP contribution < -0.4 is 5.73 Å². The van der Waals surface area contributed by atoms with E-state index >= 15 is 0 Å². The molecular weight excluding hydrogens is 278 g/mol. The SMILES string of the molecule is CC(C)(C)C(=O)N1CCN(C(=O)C2C3CCC(C3)C2N)CC1. The summed E-state index contributed by atoms with van der Waals surface area (Å²) in [6.07, 6.45) is 3.50. The smallest absolute Gasteiger partial charge is 0.228 e. The lowest BCUT2D eigenvalue weighted by atomic mass is 9.84. The average molecular weight is 307 g/mol. The minimum Gasteiger partial charge on any atom is -0.339 e. The van der Waals surface area contributed by atoms with E-state index in [0.29, 0.717) is 38.0 Å². The summed E-state index contributed by atoms with van der Waals surface area (Å²) in [5.74, 6) is 1.51. The van der Waals surface area contributed by atoms with Gasteiger partial charge in [0.2, 0.25) is 11.8 Å². The quantitative estimate of drug-likeness (QED) is 0.788. The van der Waals surface area contributed by atoms with E-state index in [2.05, 4.69) is 0 Å². The first kappa shape index (κ1) is 15.8. The summed E-state index contributed by atoms with van der Waals surface area (Å²) < 4.78 is 0. The number of hydrogen-bond donors (Lipinski definition) is 1. The molecule has 0 aromatic rings. The van der Waals surface area contributed by atoms with Crippen LogP contribution in [-0.4, -0.2) is 53.8 Å². The van der Waals surface area contributed by atoms with Crippen LogP contribution in [0, 0.1) is 23.2 Å². The molecule has 2 bridgehead atoms. The summed E-state index contributed by atoms with van der Waals surface area (Å²) in [5, 5.41) is 0. The highest BCUT2D eigenvalue weighted by atomic mass is 16.2. The number of carbonyl (C=O) groups excluding carboxylic acids is 2. The summed E-state index contributed by atoms with van der Waals surface area (Å²) in [6.45, 7) is 8.45. The van der Waals surface area contributed by atoms with Gasteiger partial charge in [-0.3, -0.25) is 9.59 Å². The van der Waals surface area contributed by atoms with E-state index in [9.17, 15) is 9.59 Å². The van der Waals surface area contributed by atoms with Gasteiger partial charge in [-0.05, 0) is 31.1 Å². The van der Waals surface area contributed by atoms with E-state index in [4.69, 9.17) is 5.73 Å². The molecule has 2 aliphatic carbocycles. The van der Waals surface area contributed by atoms with Crippen LogP contribution in [0.15, 0.2) is 0 Å². The predicted octanol–water partition coefficient (Wildman–Crippen LogP) is 1.08. The first-order valence-corrected chi connectivity index (χ1v) is 8.63. The Hall–Kier alpha value is -1.10. The van der Waals surface area contributed by atoms with Crippen LogP contribution in [0.2, 0.25) is 0 Å². The Morgan fingerprint density at radius 3 is 2.00 bits per heavy atom. The highest BCUT2D eigenvalue weighted by molar-refractivity contribution is 5.83. The second-order valence-electron chi connectivity index (χ2n) is 8.30. The molecular formula is C17H29N3O2. The van der Waals surface area contributed by atoms with Gasteiger partial charge in [-0.15, -0.1) is 0 Å². The van der Waals surface area contributed by atoms with Crippen molar-refractivity contribution in [3.05, 3.63) is 0 Å². The fraction of sp³-hybridized carbons (Fsp3) is 0.882. The van der Waals surface area contributed by atoms with Crippen molar-refractivity contribution in [2.45, 2.75) is 46.1 Å². The first-order valence-electron chi connectivity index (χ1n) is 8.63. The summed E-state index contributed by atoms with van der Waals surface area (Å²) >= 11 is 0. The molecule has 1 heterocycles. The molecule has 124 valence electrons. The van der Waals surface area contributed by atoms with E-state index in [1.54, 1.807) is 0 Å². The number of amides is 2. The molecule has 3 rings (SSSR count). The zero-order valence-electron chi connectivity index (χ0n) is 14.0. The van der Waals surface area contributed by atoms with Gasteiger partial charge in [-0.2, -0.15) is 0 Å². The van der Waals surface area contributed by atoms with Gasteiger partial charge in [-0.1, -0.05) is 20.8 Å². The van der Waals surface area contributed by atoms with Crippen LogP contribution in [0.4, 0.5) is 0 Å². The molecule has 22 heavy (non-hydrogen) atoms. The molecule has 0 aromatic heterocycles. The van der Waals surface area contributed by atoms with E-state index < -0.39 is 0 Å². The van der Waals surface area contributed by atoms with Crippen LogP contribution in [0.3, 0.4) is 0 Å². The molecule has 1 saturated heterocycles. The van der Waals surface area contributed by atoms with Crippen LogP contribution in [0.25, 0.3) is 0 Å². The van der Waals surface area contributed by atoms with E-state index in [-0.39, 0.29) is 29.2 Å². The fourth-order valence-electron chi connectivity index (χ4n) is 4.52. The van der Waals surface area contributed by atoms with E-state index in [1.165, 1.54) is 6.42 Å². The van der Waals surface area contributed by atoms with Gasteiger partial charge in [-0.25, -0.2) is 0 Å². The highest BCUT2D eigenvalue weighted by Gasteiger charge is 2.50. The predicted molar refractivity (Wildman–Crippen MR) is 84.9 cm³/mol. The molecule has 4 unspecified atom stereocenters. The number of hydrogen-bond acceptors (Lipinski definition) is 3. The normalized spacial score (nSPS) is 35.1. The molecule has 0 aromatic carbocycles. The van der Waals surface area contributed by atoms with Crippen LogP contribution >= 0.6 is 0 Å². The van der Waals surface area contributed by atoms with Crippen molar-refractivity contribution in [2.75, 3.05) is 26.2 Å². The maximum Gasteiger partial charge on any atom is 0.228 e. The molecule has 0 spiro atoms. The molecule has 3 fully saturated rings. The number of fused-ring (bicyclic) bond motifs is 2. The van der Waals surface area contributed by atoms with Gasteiger partial charge in [0.25, 0.3) is 0 Å². The summed E-state index contributed by atoms with van der Waals surface area (Å²) in [4.78, 5) is 29.0. The molecule has 2 amide bonds. The van der Waals surface area contributed by atoms with Crippen molar-refractivity contribution >= 4 is 11.8 Å². The Morgan fingerprint density at radius 1 is 0.955 bits per heavy atom. The van der Waals surface area contributed by atoms with Gasteiger partial charge in [0.1, 0.15) is 0 Å². The Morgan fingerprint density at radius 2 is 1.50 bits per heavy atom. The summed E-state index contributed by atoms with van der Waals surface area (Å²) in [7, 11) is 0. The number of nitrogens with two attached hydrogens (primary N) is 1. The maximum atomic E-state index is 12.8. The Balaban J connectivity index is 1.58. The molecule has 1 aliphatic heterocycles. The molecule has 5 nitrogen and oxygen atoms in total. The number of nitrogens with zero attached hydrogens (tertiary/aromatic N) is 2. The third-order valence-electron chi connectivity index (χ3n) is 5.79. The van der Waals surface area contributed by atoms with Crippen molar-refractivity contribution in [1.82, 2.24) is 9.80 Å². The lowest BCUT2D eigenvalue weighted by Crippen LogP contribution is -2.56. The maximum absolute atomic E-state index is 12.8. The third-order valence-corrected chi connectivity index (χ3v) is 5.79. The van der Waals surface area contributed by atoms with Crippen molar-refractivity contribution < 1.29 is 9.59 Å². The summed E-state index contributed by atoms with van der Waals surface area (Å²) in [6, 6.07) is 0.0560. The van der Waals surface area contributed by atoms with Crippen LogP contribution in [0.5, 0.6) is 0 Å². The monoisotopic (exact) mass is 307 g/mol. The molecule has 5 heteroatoms. The Labute approximate surface area is 133 Å². The lowest BCUT2D eigenvalue weighted by Gasteiger charge is -2.40. The molecule has 2 N–H and O–H groups in total. The third kappa shape index (κ3) is 2.64. The Bertz CT molecular complexity index is 461. The second-order valence-corrected chi connectivity index (χ2v) is 8.30. The first-order chi connectivity index (χ1) is 10.3. The van der Waals surface area contributed by atoms with E-state index in [0.717, 1.165) is 12.8 Å². The van der Waals surface area contributed by atoms with Crippen molar-refractivity contribution in [2.24, 2.45) is 28.9 Å². The summed E-state index contributed by atoms with van der Waals surface area (Å²) in [5.41, 5.74) is 5.94. The topological polar surface area (TPSA) is 66.6 Å². The lowest BCUT2D eigenvalue weighted by molar-refractivity contribution is -0.147. The van der Waals surface area contributed by atoms with Gasteiger partial charge in [0.05, 0.1) is 5.92 Å². The minimum atomic E-state index is -0.348. The molecule has 3 aliphatic rings. The number of rotatable bonds is 1. The fourth-order valence-corrected chi connectivity index (χ4v) is 4.52. The molecule has 0 radical (unpaired) electrons. The highest BCUT2D eigenvalue weighted by Crippen LogP contribution is 2.48. The van der Waals surface area contributed by atoms with Crippen molar-refractivity contribution in [3.63, 3.8) is 0 Å². The average Bonchev–Trinajstić information content (AvgIpc) is 3.06. The van der Waals surface area contributed by atoms with Gasteiger partial charge < -0.3 is 15.5 Å². The standard InChI is InChI=1S/C17H29N3O2/c1-17(2,3)16(22)20-8-6-19(7-9-20)15(21)13-11-4-5-12(10-11)14(13)18/h11-14H,4-10,18H2,1-3H3. The number of piperazine rings is 1. The second kappa shape index (κ2) is 5.52. The van der Waals surface area contributed by atoms with Crippen molar-refractivity contribution in [3.8, 4) is 0 Å². The van der Waals surface area contributed by atoms with Gasteiger partial charge in [0.15, 0.2) is 0 Å².